The van der Waals surface area contributed by atoms with Gasteiger partial charge in [0.05, 0.1) is 5.69 Å². The third-order valence-electron chi connectivity index (χ3n) is 1.51. The summed E-state index contributed by atoms with van der Waals surface area (Å²) in [6, 6.07) is 3.03. The van der Waals surface area contributed by atoms with Gasteiger partial charge in [-0.1, -0.05) is 0 Å². The molecular weight excluding hydrogens is 168 g/mol. The first-order valence-corrected chi connectivity index (χ1v) is 3.80. The van der Waals surface area contributed by atoms with Crippen molar-refractivity contribution >= 4 is 17.5 Å². The minimum Gasteiger partial charge on any atom is -0.375 e. The first-order valence-electron chi connectivity index (χ1n) is 3.80. The summed E-state index contributed by atoms with van der Waals surface area (Å²) in [5.74, 6) is 0.472. The third-order valence-corrected chi connectivity index (χ3v) is 1.51. The zero-order chi connectivity index (χ0) is 9.84. The number of hydrogen-bond donors (Lipinski definition) is 2. The van der Waals surface area contributed by atoms with Crippen molar-refractivity contribution in [2.45, 2.75) is 0 Å². The highest BCUT2D eigenvalue weighted by atomic mass is 16.2. The highest BCUT2D eigenvalue weighted by Crippen LogP contribution is 2.19. The van der Waals surface area contributed by atoms with Crippen molar-refractivity contribution in [3.05, 3.63) is 18.3 Å². The van der Waals surface area contributed by atoms with Gasteiger partial charge in [0, 0.05) is 20.3 Å². The van der Waals surface area contributed by atoms with Crippen LogP contribution in [0, 0.1) is 0 Å². The van der Waals surface area contributed by atoms with Crippen molar-refractivity contribution in [3.63, 3.8) is 0 Å². The van der Waals surface area contributed by atoms with Gasteiger partial charge in [-0.3, -0.25) is 5.32 Å². The SMILES string of the molecule is CN(C)c1cccnc1NC(N)=O. The van der Waals surface area contributed by atoms with Crippen molar-refractivity contribution in [3.8, 4) is 0 Å². The summed E-state index contributed by atoms with van der Waals surface area (Å²) in [6.45, 7) is 0. The zero-order valence-electron chi connectivity index (χ0n) is 7.61. The number of nitrogens with zero attached hydrogens (tertiary/aromatic N) is 2. The van der Waals surface area contributed by atoms with E-state index in [0.29, 0.717) is 5.82 Å². The number of carbonyl (C=O) groups is 1. The maximum atomic E-state index is 10.6. The average molecular weight is 180 g/mol. The summed E-state index contributed by atoms with van der Waals surface area (Å²) in [5.41, 5.74) is 5.81. The molecule has 0 saturated carbocycles. The molecule has 1 rings (SSSR count). The van der Waals surface area contributed by atoms with Gasteiger partial charge in [-0.05, 0) is 12.1 Å². The van der Waals surface area contributed by atoms with Gasteiger partial charge in [-0.15, -0.1) is 0 Å². The molecule has 13 heavy (non-hydrogen) atoms. The van der Waals surface area contributed by atoms with E-state index in [2.05, 4.69) is 10.3 Å². The molecule has 1 aromatic rings. The summed E-state index contributed by atoms with van der Waals surface area (Å²) in [7, 11) is 3.73. The van der Waals surface area contributed by atoms with E-state index in [1.165, 1.54) is 0 Å². The lowest BCUT2D eigenvalue weighted by Crippen LogP contribution is -2.22. The van der Waals surface area contributed by atoms with Gasteiger partial charge in [0.2, 0.25) is 0 Å². The highest BCUT2D eigenvalue weighted by molar-refractivity contribution is 5.90. The smallest absolute Gasteiger partial charge is 0.317 e. The fourth-order valence-electron chi connectivity index (χ4n) is 0.971. The molecule has 5 nitrogen and oxygen atoms in total. The predicted octanol–water partition coefficient (Wildman–Crippen LogP) is 0.638. The number of primary amides is 1. The molecule has 0 aromatic carbocycles. The maximum Gasteiger partial charge on any atom is 0.317 e. The number of anilines is 2. The van der Waals surface area contributed by atoms with Crippen LogP contribution in [0.4, 0.5) is 16.3 Å². The molecule has 70 valence electrons. The predicted molar refractivity (Wildman–Crippen MR) is 51.8 cm³/mol. The van der Waals surface area contributed by atoms with Crippen molar-refractivity contribution < 1.29 is 4.79 Å². The maximum absolute atomic E-state index is 10.6. The lowest BCUT2D eigenvalue weighted by Gasteiger charge is -2.15. The van der Waals surface area contributed by atoms with Crippen LogP contribution in [0.1, 0.15) is 0 Å². The van der Waals surface area contributed by atoms with Gasteiger partial charge in [0.25, 0.3) is 0 Å². The fourth-order valence-corrected chi connectivity index (χ4v) is 0.971. The van der Waals surface area contributed by atoms with E-state index in [-0.39, 0.29) is 0 Å². The first-order chi connectivity index (χ1) is 6.11. The van der Waals surface area contributed by atoms with Gasteiger partial charge >= 0.3 is 6.03 Å². The summed E-state index contributed by atoms with van der Waals surface area (Å²) in [5, 5.41) is 2.44. The molecule has 2 amide bonds. The molecule has 0 aliphatic heterocycles. The van der Waals surface area contributed by atoms with Crippen molar-refractivity contribution in [2.75, 3.05) is 24.3 Å². The molecule has 0 saturated heterocycles. The van der Waals surface area contributed by atoms with E-state index in [0.717, 1.165) is 5.69 Å². The molecular formula is C8H12N4O. The second-order valence-corrected chi connectivity index (χ2v) is 2.75. The Labute approximate surface area is 76.6 Å². The van der Waals surface area contributed by atoms with Gasteiger partial charge in [-0.25, -0.2) is 9.78 Å². The minimum absolute atomic E-state index is 0.472. The largest absolute Gasteiger partial charge is 0.375 e. The third kappa shape index (κ3) is 2.33. The normalized spacial score (nSPS) is 9.38. The molecule has 3 N–H and O–H groups in total. The van der Waals surface area contributed by atoms with Crippen molar-refractivity contribution in [1.29, 1.82) is 0 Å². The first kappa shape index (κ1) is 9.31. The monoisotopic (exact) mass is 180 g/mol. The topological polar surface area (TPSA) is 71.2 Å². The number of amides is 2. The second kappa shape index (κ2) is 3.75. The molecule has 1 aromatic heterocycles. The van der Waals surface area contributed by atoms with E-state index in [1.807, 2.05) is 25.1 Å². The van der Waals surface area contributed by atoms with E-state index in [1.54, 1.807) is 12.3 Å². The van der Waals surface area contributed by atoms with Crippen LogP contribution in [0.3, 0.4) is 0 Å². The van der Waals surface area contributed by atoms with E-state index in [4.69, 9.17) is 5.73 Å². The van der Waals surface area contributed by atoms with Crippen LogP contribution in [0.5, 0.6) is 0 Å². The van der Waals surface area contributed by atoms with Crippen LogP contribution in [-0.2, 0) is 0 Å². The summed E-state index contributed by atoms with van der Waals surface area (Å²) in [4.78, 5) is 16.4. The lowest BCUT2D eigenvalue weighted by molar-refractivity contribution is 0.259. The number of nitrogens with two attached hydrogens (primary N) is 1. The summed E-state index contributed by atoms with van der Waals surface area (Å²) < 4.78 is 0. The van der Waals surface area contributed by atoms with Crippen molar-refractivity contribution in [1.82, 2.24) is 4.98 Å². The quantitative estimate of drug-likeness (QED) is 0.701. The van der Waals surface area contributed by atoms with Crippen molar-refractivity contribution in [2.24, 2.45) is 5.73 Å². The number of nitrogens with one attached hydrogen (secondary N) is 1. The lowest BCUT2D eigenvalue weighted by atomic mass is 10.3. The zero-order valence-corrected chi connectivity index (χ0v) is 7.61. The van der Waals surface area contributed by atoms with Gasteiger partial charge < -0.3 is 10.6 Å². The van der Waals surface area contributed by atoms with E-state index < -0.39 is 6.03 Å². The van der Waals surface area contributed by atoms with E-state index >= 15 is 0 Å². The Morgan fingerprint density at radius 1 is 1.62 bits per heavy atom. The average Bonchev–Trinajstić information content (AvgIpc) is 2.03. The molecule has 0 bridgehead atoms. The number of carbonyl (C=O) groups excluding carboxylic acids is 1. The summed E-state index contributed by atoms with van der Waals surface area (Å²) >= 11 is 0. The van der Waals surface area contributed by atoms with E-state index in [9.17, 15) is 4.79 Å². The van der Waals surface area contributed by atoms with Crippen LogP contribution in [0.2, 0.25) is 0 Å². The van der Waals surface area contributed by atoms with Crippen LogP contribution in [0.25, 0.3) is 0 Å². The molecule has 0 aliphatic rings. The molecule has 0 fully saturated rings. The molecule has 0 aliphatic carbocycles. The molecule has 1 heterocycles. The number of hydrogen-bond acceptors (Lipinski definition) is 3. The van der Waals surface area contributed by atoms with Crippen LogP contribution >= 0.6 is 0 Å². The Morgan fingerprint density at radius 3 is 2.85 bits per heavy atom. The Balaban J connectivity index is 2.97. The Bertz CT molecular complexity index is 311. The fraction of sp³-hybridized carbons (Fsp3) is 0.250. The van der Waals surface area contributed by atoms with Crippen LogP contribution in [-0.4, -0.2) is 25.1 Å². The highest BCUT2D eigenvalue weighted by Gasteiger charge is 2.05. The van der Waals surface area contributed by atoms with Gasteiger partial charge in [-0.2, -0.15) is 0 Å². The summed E-state index contributed by atoms with van der Waals surface area (Å²) in [6.07, 6.45) is 1.60. The standard InChI is InChI=1S/C8H12N4O/c1-12(2)6-4-3-5-10-7(6)11-8(9)13/h3-5H,1-2H3,(H3,9,10,11,13). The Kier molecular flexibility index (Phi) is 2.69. The molecule has 0 spiro atoms. The Hall–Kier alpha value is -1.78. The van der Waals surface area contributed by atoms with Gasteiger partial charge in [0.1, 0.15) is 0 Å². The molecule has 0 unspecified atom stereocenters. The van der Waals surface area contributed by atoms with Crippen LogP contribution in [0.15, 0.2) is 18.3 Å². The molecule has 0 atom stereocenters. The Morgan fingerprint density at radius 2 is 2.31 bits per heavy atom. The number of rotatable bonds is 2. The number of urea groups is 1. The van der Waals surface area contributed by atoms with Gasteiger partial charge in [0.15, 0.2) is 5.82 Å². The second-order valence-electron chi connectivity index (χ2n) is 2.75. The minimum atomic E-state index is -0.609. The number of aromatic nitrogens is 1. The molecule has 0 radical (unpaired) electrons. The van der Waals surface area contributed by atoms with Crippen LogP contribution < -0.4 is 16.0 Å². The molecule has 5 heteroatoms. The number of pyridine rings is 1.